The normalized spacial score (nSPS) is 33.3. The molecule has 0 aromatic rings. The Balaban J connectivity index is 1.95. The summed E-state index contributed by atoms with van der Waals surface area (Å²) in [7, 11) is -3.46. The molecule has 16 heavy (non-hydrogen) atoms. The van der Waals surface area contributed by atoms with E-state index in [9.17, 15) is 13.2 Å². The van der Waals surface area contributed by atoms with E-state index in [2.05, 4.69) is 5.32 Å². The van der Waals surface area contributed by atoms with Crippen molar-refractivity contribution >= 4 is 16.2 Å². The summed E-state index contributed by atoms with van der Waals surface area (Å²) in [5.41, 5.74) is 0. The molecule has 92 valence electrons. The number of likely N-dealkylation sites (tertiary alicyclic amines) is 1. The number of carbonyl (C=O) groups is 1. The van der Waals surface area contributed by atoms with Crippen LogP contribution in [-0.2, 0) is 14.3 Å². The molecule has 2 rings (SSSR count). The maximum Gasteiger partial charge on any atom is 0.407 e. The number of fused-ring (bicyclic) bond motifs is 1. The summed E-state index contributed by atoms with van der Waals surface area (Å²) in [6, 6.07) is -0.0106. The first-order valence-corrected chi connectivity index (χ1v) is 6.77. The number of amides is 1. The topological polar surface area (TPSA) is 95.9 Å². The van der Waals surface area contributed by atoms with Crippen LogP contribution in [0.3, 0.4) is 0 Å². The lowest BCUT2D eigenvalue weighted by Crippen LogP contribution is -2.61. The van der Waals surface area contributed by atoms with Gasteiger partial charge in [0.05, 0.1) is 18.9 Å². The van der Waals surface area contributed by atoms with Crippen LogP contribution in [-0.4, -0.2) is 62.6 Å². The molecule has 0 aromatic heterocycles. The second kappa shape index (κ2) is 3.86. The zero-order valence-electron chi connectivity index (χ0n) is 8.79. The van der Waals surface area contributed by atoms with Gasteiger partial charge in [0.1, 0.15) is 0 Å². The molecule has 3 unspecified atom stereocenters. The van der Waals surface area contributed by atoms with Gasteiger partial charge in [-0.1, -0.05) is 0 Å². The molecule has 8 heteroatoms. The van der Waals surface area contributed by atoms with Crippen molar-refractivity contribution in [2.75, 3.05) is 26.0 Å². The van der Waals surface area contributed by atoms with Gasteiger partial charge in [-0.05, 0) is 0 Å². The average molecular weight is 250 g/mol. The molecule has 0 saturated carbocycles. The Bertz CT molecular complexity index is 395. The van der Waals surface area contributed by atoms with E-state index in [-0.39, 0.29) is 24.6 Å². The molecule has 1 amide bonds. The molecule has 2 aliphatic rings. The van der Waals surface area contributed by atoms with Gasteiger partial charge in [-0.3, -0.25) is 4.18 Å². The van der Waals surface area contributed by atoms with Gasteiger partial charge in [-0.2, -0.15) is 8.42 Å². The molecule has 0 bridgehead atoms. The standard InChI is InChI=1S/C8H14N2O5S/c1-16(13,14)15-4-5-3-10(8(11)12)6-2-9-7(5)6/h5-7,9H,2-4H2,1H3,(H,11,12). The minimum absolute atomic E-state index is 0.0258. The van der Waals surface area contributed by atoms with Crippen molar-refractivity contribution in [2.45, 2.75) is 12.1 Å². The first kappa shape index (κ1) is 11.6. The van der Waals surface area contributed by atoms with Gasteiger partial charge in [0.25, 0.3) is 10.1 Å². The van der Waals surface area contributed by atoms with E-state index in [0.29, 0.717) is 13.1 Å². The van der Waals surface area contributed by atoms with Crippen LogP contribution in [0.5, 0.6) is 0 Å². The Labute approximate surface area is 93.5 Å². The molecular weight excluding hydrogens is 236 g/mol. The molecule has 0 radical (unpaired) electrons. The van der Waals surface area contributed by atoms with E-state index in [1.807, 2.05) is 0 Å². The number of hydrogen-bond donors (Lipinski definition) is 2. The molecule has 0 spiro atoms. The second-order valence-electron chi connectivity index (χ2n) is 4.19. The number of nitrogens with zero attached hydrogens (tertiary/aromatic N) is 1. The molecule has 2 aliphatic heterocycles. The predicted molar refractivity (Wildman–Crippen MR) is 54.6 cm³/mol. The maximum absolute atomic E-state index is 10.9. The summed E-state index contributed by atoms with van der Waals surface area (Å²) in [6.45, 7) is 0.996. The van der Waals surface area contributed by atoms with Crippen LogP contribution in [0.2, 0.25) is 0 Å². The average Bonchev–Trinajstić information content (AvgIpc) is 2.32. The van der Waals surface area contributed by atoms with E-state index in [1.54, 1.807) is 0 Å². The van der Waals surface area contributed by atoms with Crippen LogP contribution in [0.25, 0.3) is 0 Å². The number of carboxylic acid groups (broad SMARTS) is 1. The first-order chi connectivity index (χ1) is 7.38. The fraction of sp³-hybridized carbons (Fsp3) is 0.875. The van der Waals surface area contributed by atoms with E-state index < -0.39 is 16.2 Å². The van der Waals surface area contributed by atoms with Crippen LogP contribution in [0, 0.1) is 5.92 Å². The van der Waals surface area contributed by atoms with Gasteiger partial charge in [-0.25, -0.2) is 4.79 Å². The van der Waals surface area contributed by atoms with Crippen molar-refractivity contribution in [1.82, 2.24) is 10.2 Å². The lowest BCUT2D eigenvalue weighted by atomic mass is 9.93. The van der Waals surface area contributed by atoms with Crippen molar-refractivity contribution in [3.05, 3.63) is 0 Å². The van der Waals surface area contributed by atoms with Gasteiger partial charge < -0.3 is 15.3 Å². The third kappa shape index (κ3) is 2.13. The summed E-state index contributed by atoms with van der Waals surface area (Å²) in [5.74, 6) is -0.0930. The Morgan fingerprint density at radius 1 is 1.62 bits per heavy atom. The van der Waals surface area contributed by atoms with Gasteiger partial charge in [-0.15, -0.1) is 0 Å². The van der Waals surface area contributed by atoms with Crippen molar-refractivity contribution in [2.24, 2.45) is 5.92 Å². The third-order valence-electron chi connectivity index (χ3n) is 3.06. The summed E-state index contributed by atoms with van der Waals surface area (Å²) < 4.78 is 26.4. The SMILES string of the molecule is CS(=O)(=O)OCC1CN(C(=O)O)C2CNC12. The highest BCUT2D eigenvalue weighted by molar-refractivity contribution is 7.85. The summed E-state index contributed by atoms with van der Waals surface area (Å²) in [5, 5.41) is 12.0. The molecule has 3 atom stereocenters. The molecular formula is C8H14N2O5S. The van der Waals surface area contributed by atoms with Crippen LogP contribution >= 0.6 is 0 Å². The van der Waals surface area contributed by atoms with Crippen LogP contribution in [0.15, 0.2) is 0 Å². The zero-order chi connectivity index (χ0) is 11.9. The van der Waals surface area contributed by atoms with E-state index in [1.165, 1.54) is 4.90 Å². The van der Waals surface area contributed by atoms with E-state index in [4.69, 9.17) is 9.29 Å². The minimum atomic E-state index is -3.46. The van der Waals surface area contributed by atoms with Gasteiger partial charge in [0.2, 0.25) is 0 Å². The van der Waals surface area contributed by atoms with Crippen molar-refractivity contribution in [3.8, 4) is 0 Å². The highest BCUT2D eigenvalue weighted by Gasteiger charge is 2.49. The van der Waals surface area contributed by atoms with E-state index in [0.717, 1.165) is 6.26 Å². The molecule has 0 aliphatic carbocycles. The fourth-order valence-electron chi connectivity index (χ4n) is 2.23. The highest BCUT2D eigenvalue weighted by Crippen LogP contribution is 2.29. The van der Waals surface area contributed by atoms with Crippen LogP contribution in [0.4, 0.5) is 4.79 Å². The molecule has 2 N–H and O–H groups in total. The minimum Gasteiger partial charge on any atom is -0.465 e. The summed E-state index contributed by atoms with van der Waals surface area (Å²) >= 11 is 0. The Kier molecular flexibility index (Phi) is 2.81. The number of nitrogens with one attached hydrogen (secondary N) is 1. The Hall–Kier alpha value is -0.860. The largest absolute Gasteiger partial charge is 0.465 e. The smallest absolute Gasteiger partial charge is 0.407 e. The highest BCUT2D eigenvalue weighted by atomic mass is 32.2. The molecule has 2 heterocycles. The number of hydrogen-bond acceptors (Lipinski definition) is 5. The predicted octanol–water partition coefficient (Wildman–Crippen LogP) is -1.09. The summed E-state index contributed by atoms with van der Waals surface area (Å²) in [4.78, 5) is 12.2. The van der Waals surface area contributed by atoms with Crippen molar-refractivity contribution in [3.63, 3.8) is 0 Å². The molecule has 0 aromatic carbocycles. The fourth-order valence-corrected chi connectivity index (χ4v) is 2.66. The molecule has 7 nitrogen and oxygen atoms in total. The lowest BCUT2D eigenvalue weighted by Gasteiger charge is -2.37. The quantitative estimate of drug-likeness (QED) is 0.618. The van der Waals surface area contributed by atoms with Gasteiger partial charge >= 0.3 is 6.09 Å². The molecule has 2 fully saturated rings. The van der Waals surface area contributed by atoms with Crippen molar-refractivity contribution < 1.29 is 22.5 Å². The number of rotatable bonds is 3. The van der Waals surface area contributed by atoms with Crippen molar-refractivity contribution in [1.29, 1.82) is 0 Å². The summed E-state index contributed by atoms with van der Waals surface area (Å²) in [6.07, 6.45) is 0.0288. The lowest BCUT2D eigenvalue weighted by molar-refractivity contribution is 0.120. The third-order valence-corrected chi connectivity index (χ3v) is 3.62. The second-order valence-corrected chi connectivity index (χ2v) is 5.83. The first-order valence-electron chi connectivity index (χ1n) is 4.96. The van der Waals surface area contributed by atoms with E-state index >= 15 is 0 Å². The van der Waals surface area contributed by atoms with Crippen LogP contribution in [0.1, 0.15) is 0 Å². The van der Waals surface area contributed by atoms with Crippen LogP contribution < -0.4 is 5.32 Å². The van der Waals surface area contributed by atoms with Gasteiger partial charge in [0, 0.05) is 25.0 Å². The maximum atomic E-state index is 10.9. The zero-order valence-corrected chi connectivity index (χ0v) is 9.61. The van der Waals surface area contributed by atoms with Gasteiger partial charge in [0.15, 0.2) is 0 Å². The monoisotopic (exact) mass is 250 g/mol. The Morgan fingerprint density at radius 2 is 2.31 bits per heavy atom. The Morgan fingerprint density at radius 3 is 2.69 bits per heavy atom. The molecule has 2 saturated heterocycles.